The Labute approximate surface area is 201 Å². The lowest BCUT2D eigenvalue weighted by atomic mass is 10.00. The summed E-state index contributed by atoms with van der Waals surface area (Å²) in [7, 11) is 5.42. The van der Waals surface area contributed by atoms with Crippen molar-refractivity contribution in [2.45, 2.75) is 18.9 Å². The fourth-order valence-corrected chi connectivity index (χ4v) is 5.37. The number of piperidine rings is 1. The van der Waals surface area contributed by atoms with Crippen molar-refractivity contribution in [3.63, 3.8) is 0 Å². The summed E-state index contributed by atoms with van der Waals surface area (Å²) in [6.45, 7) is 1.31. The van der Waals surface area contributed by atoms with Gasteiger partial charge < -0.3 is 14.5 Å². The Balaban J connectivity index is 1.78. The van der Waals surface area contributed by atoms with Crippen LogP contribution in [0.25, 0.3) is 21.6 Å². The normalized spacial score (nSPS) is 15.9. The number of nitriles is 1. The van der Waals surface area contributed by atoms with Crippen LogP contribution in [0.2, 0.25) is 0 Å². The second-order valence-electron chi connectivity index (χ2n) is 8.52. The molecule has 1 saturated heterocycles. The molecule has 1 amide bonds. The highest BCUT2D eigenvalue weighted by Crippen LogP contribution is 2.41. The van der Waals surface area contributed by atoms with Gasteiger partial charge in [-0.2, -0.15) is 5.26 Å². The number of halogens is 2. The van der Waals surface area contributed by atoms with Gasteiger partial charge in [-0.05, 0) is 74.5 Å². The molecule has 1 aromatic heterocycles. The van der Waals surface area contributed by atoms with Crippen LogP contribution in [0.15, 0.2) is 42.5 Å². The number of thiophene rings is 1. The van der Waals surface area contributed by atoms with E-state index in [1.165, 1.54) is 42.7 Å². The molecule has 2 heterocycles. The van der Waals surface area contributed by atoms with Crippen LogP contribution in [0.1, 0.15) is 28.1 Å². The zero-order valence-corrected chi connectivity index (χ0v) is 20.1. The van der Waals surface area contributed by atoms with Crippen molar-refractivity contribution in [1.82, 2.24) is 9.80 Å². The van der Waals surface area contributed by atoms with Crippen LogP contribution in [0, 0.1) is 23.0 Å². The van der Waals surface area contributed by atoms with Gasteiger partial charge in [-0.25, -0.2) is 8.78 Å². The first-order valence-corrected chi connectivity index (χ1v) is 11.8. The molecule has 5 nitrogen and oxygen atoms in total. The molecule has 1 aliphatic rings. The van der Waals surface area contributed by atoms with Crippen molar-refractivity contribution in [3.8, 4) is 33.4 Å². The summed E-state index contributed by atoms with van der Waals surface area (Å²) < 4.78 is 34.0. The maximum Gasteiger partial charge on any atom is 0.264 e. The van der Waals surface area contributed by atoms with Crippen LogP contribution in [0.4, 0.5) is 8.78 Å². The highest BCUT2D eigenvalue weighted by molar-refractivity contribution is 7.18. The first-order chi connectivity index (χ1) is 16.3. The Morgan fingerprint density at radius 1 is 1.15 bits per heavy atom. The molecule has 0 radical (unpaired) electrons. The van der Waals surface area contributed by atoms with Crippen molar-refractivity contribution in [2.75, 3.05) is 34.3 Å². The fraction of sp³-hybridized carbons (Fsp3) is 0.308. The van der Waals surface area contributed by atoms with Crippen molar-refractivity contribution in [1.29, 1.82) is 5.26 Å². The number of hydrogen-bond donors (Lipinski definition) is 0. The van der Waals surface area contributed by atoms with Crippen molar-refractivity contribution < 1.29 is 18.3 Å². The van der Waals surface area contributed by atoms with Gasteiger partial charge in [-0.1, -0.05) is 6.07 Å². The molecular formula is C26H25F2N3O2S. The molecule has 1 atom stereocenters. The smallest absolute Gasteiger partial charge is 0.264 e. The van der Waals surface area contributed by atoms with Gasteiger partial charge in [0.05, 0.1) is 17.6 Å². The van der Waals surface area contributed by atoms with Gasteiger partial charge in [0.15, 0.2) is 11.6 Å². The number of rotatable bonds is 5. The van der Waals surface area contributed by atoms with Crippen LogP contribution in [0.3, 0.4) is 0 Å². The molecule has 176 valence electrons. The molecular weight excluding hydrogens is 456 g/mol. The van der Waals surface area contributed by atoms with Gasteiger partial charge >= 0.3 is 0 Å². The predicted octanol–water partition coefficient (Wildman–Crippen LogP) is 5.41. The quantitative estimate of drug-likeness (QED) is 0.489. The Kier molecular flexibility index (Phi) is 6.96. The molecule has 0 bridgehead atoms. The summed E-state index contributed by atoms with van der Waals surface area (Å²) in [5, 5.41) is 9.08. The summed E-state index contributed by atoms with van der Waals surface area (Å²) in [6.07, 6.45) is 1.96. The summed E-state index contributed by atoms with van der Waals surface area (Å²) in [6, 6.07) is 12.8. The summed E-state index contributed by atoms with van der Waals surface area (Å²) >= 11 is 1.26. The average molecular weight is 482 g/mol. The molecule has 2 aromatic carbocycles. The largest absolute Gasteiger partial charge is 0.494 e. The number of methoxy groups -OCH3 is 1. The number of likely N-dealkylation sites (N-methyl/N-ethyl adjacent to an activating group) is 1. The van der Waals surface area contributed by atoms with Crippen LogP contribution in [-0.4, -0.2) is 56.0 Å². The molecule has 4 rings (SSSR count). The molecule has 1 fully saturated rings. The van der Waals surface area contributed by atoms with Gasteiger partial charge in [0.25, 0.3) is 5.91 Å². The van der Waals surface area contributed by atoms with Crippen LogP contribution >= 0.6 is 11.3 Å². The minimum Gasteiger partial charge on any atom is -0.494 e. The van der Waals surface area contributed by atoms with E-state index in [4.69, 9.17) is 10.00 Å². The molecule has 0 N–H and O–H groups in total. The topological polar surface area (TPSA) is 56.6 Å². The third-order valence-corrected chi connectivity index (χ3v) is 7.34. The number of carbonyl (C=O) groups is 1. The van der Waals surface area contributed by atoms with E-state index < -0.39 is 11.6 Å². The Hall–Kier alpha value is -3.28. The monoisotopic (exact) mass is 481 g/mol. The zero-order chi connectivity index (χ0) is 24.4. The minimum absolute atomic E-state index is 0.0598. The number of hydrogen-bond acceptors (Lipinski definition) is 5. The second-order valence-corrected chi connectivity index (χ2v) is 9.57. The van der Waals surface area contributed by atoms with Gasteiger partial charge in [-0.15, -0.1) is 11.3 Å². The van der Waals surface area contributed by atoms with Crippen molar-refractivity contribution >= 4 is 17.2 Å². The molecule has 0 aliphatic carbocycles. The number of likely N-dealkylation sites (tertiary alicyclic amines) is 1. The average Bonchev–Trinajstić information content (AvgIpc) is 3.29. The first kappa shape index (κ1) is 23.9. The number of nitrogens with zero attached hydrogens (tertiary/aromatic N) is 3. The second kappa shape index (κ2) is 9.92. The fourth-order valence-electron chi connectivity index (χ4n) is 4.22. The number of ether oxygens (including phenoxy) is 1. The lowest BCUT2D eigenvalue weighted by Gasteiger charge is -2.35. The lowest BCUT2D eigenvalue weighted by Crippen LogP contribution is -2.47. The first-order valence-electron chi connectivity index (χ1n) is 11.0. The Morgan fingerprint density at radius 2 is 1.88 bits per heavy atom. The third-order valence-electron chi connectivity index (χ3n) is 6.17. The van der Waals surface area contributed by atoms with Crippen molar-refractivity contribution in [3.05, 3.63) is 64.5 Å². The highest BCUT2D eigenvalue weighted by atomic mass is 32.1. The molecule has 1 aliphatic heterocycles. The molecule has 3 aromatic rings. The number of amides is 1. The number of carbonyl (C=O) groups excluding carboxylic acids is 1. The van der Waals surface area contributed by atoms with E-state index in [-0.39, 0.29) is 17.2 Å². The van der Waals surface area contributed by atoms with Gasteiger partial charge in [-0.3, -0.25) is 4.79 Å². The van der Waals surface area contributed by atoms with Crippen LogP contribution in [0.5, 0.6) is 5.75 Å². The number of benzene rings is 2. The van der Waals surface area contributed by atoms with E-state index in [9.17, 15) is 13.6 Å². The molecule has 8 heteroatoms. The molecule has 34 heavy (non-hydrogen) atoms. The van der Waals surface area contributed by atoms with Crippen LogP contribution in [-0.2, 0) is 0 Å². The predicted molar refractivity (Wildman–Crippen MR) is 129 cm³/mol. The van der Waals surface area contributed by atoms with Gasteiger partial charge in [0.1, 0.15) is 11.9 Å². The van der Waals surface area contributed by atoms with E-state index >= 15 is 0 Å². The zero-order valence-electron chi connectivity index (χ0n) is 19.3. The van der Waals surface area contributed by atoms with E-state index in [2.05, 4.69) is 4.90 Å². The minimum atomic E-state index is -0.643. The summed E-state index contributed by atoms with van der Waals surface area (Å²) in [5.74, 6) is -1.14. The van der Waals surface area contributed by atoms with E-state index in [0.717, 1.165) is 12.8 Å². The van der Waals surface area contributed by atoms with E-state index in [1.54, 1.807) is 18.2 Å². The van der Waals surface area contributed by atoms with Crippen molar-refractivity contribution in [2.24, 2.45) is 0 Å². The lowest BCUT2D eigenvalue weighted by molar-refractivity contribution is 0.0640. The summed E-state index contributed by atoms with van der Waals surface area (Å²) in [5.41, 5.74) is 1.63. The van der Waals surface area contributed by atoms with E-state index in [0.29, 0.717) is 45.6 Å². The molecule has 0 saturated carbocycles. The Morgan fingerprint density at radius 3 is 2.53 bits per heavy atom. The van der Waals surface area contributed by atoms with Gasteiger partial charge in [0, 0.05) is 29.6 Å². The maximum atomic E-state index is 14.5. The van der Waals surface area contributed by atoms with Crippen LogP contribution < -0.4 is 4.74 Å². The standard InChI is InChI=1S/C26H25F2N3O2S/c1-30(2)19-5-4-10-31(15-19)26(32)24-13-20(16-6-7-18(14-29)21(27)11-16)25(34-24)17-8-9-23(33-3)22(28)12-17/h6-9,11-13,19H,4-5,10,15H2,1-3H3. The molecule has 1 unspecified atom stereocenters. The van der Waals surface area contributed by atoms with E-state index in [1.807, 2.05) is 25.1 Å². The third kappa shape index (κ3) is 4.67. The summed E-state index contributed by atoms with van der Waals surface area (Å²) in [4.78, 5) is 18.6. The maximum absolute atomic E-state index is 14.5. The van der Waals surface area contributed by atoms with Gasteiger partial charge in [0.2, 0.25) is 0 Å². The highest BCUT2D eigenvalue weighted by Gasteiger charge is 2.28. The SMILES string of the molecule is COc1ccc(-c2sc(C(=O)N3CCCC(N(C)C)C3)cc2-c2ccc(C#N)c(F)c2)cc1F. The molecule has 0 spiro atoms. The Bertz CT molecular complexity index is 1270.